The molecule has 0 spiro atoms. The van der Waals surface area contributed by atoms with E-state index in [1.54, 1.807) is 6.92 Å². The Morgan fingerprint density at radius 2 is 0.808 bits per heavy atom. The number of carbonyl (C=O) groups is 4. The third kappa shape index (κ3) is 18.3. The van der Waals surface area contributed by atoms with E-state index in [0.29, 0.717) is 6.42 Å². The molecule has 4 saturated heterocycles. The molecule has 422 valence electrons. The first-order valence-corrected chi connectivity index (χ1v) is 26.1. The van der Waals surface area contributed by atoms with Gasteiger partial charge in [-0.3, -0.25) is 19.2 Å². The molecule has 10 unspecified atom stereocenters. The number of carbonyl (C=O) groups excluding carboxylic acids is 4. The summed E-state index contributed by atoms with van der Waals surface area (Å²) in [4.78, 5) is 50.5. The molecule has 4 aliphatic heterocycles. The van der Waals surface area contributed by atoms with Gasteiger partial charge in [0.25, 0.3) is 0 Å². The van der Waals surface area contributed by atoms with Gasteiger partial charge in [0, 0.05) is 27.2 Å². The average Bonchev–Trinajstić information content (AvgIpc) is 3.35. The van der Waals surface area contributed by atoms with Gasteiger partial charge < -0.3 is 100 Å². The van der Waals surface area contributed by atoms with E-state index in [1.165, 1.54) is 45.4 Å². The Bertz CT molecular complexity index is 1690. The number of allylic oxidation sites excluding steroid dienone is 2. The molecular weight excluding hydrogens is 965 g/mol. The minimum absolute atomic E-state index is 0.0609. The van der Waals surface area contributed by atoms with Gasteiger partial charge in [-0.05, 0) is 39.0 Å². The Labute approximate surface area is 427 Å². The highest BCUT2D eigenvalue weighted by Crippen LogP contribution is 2.35. The lowest BCUT2D eigenvalue weighted by Gasteiger charge is -2.51. The number of hydrogen-bond donors (Lipinski definition) is 13. The standard InChI is InChI=1S/C49H86N4O20/c1-6-7-8-9-10-11-12-13-14-15-16-17-18-19-20-21-34(61)53-36-40(63)39(62)30(22-54)68-47(36)72-45-32(24-56)70-49(38(42(45)65)52-29(5)60)73-46-33(25-57)69-48(37(43(46)66)51-28(4)59)71-44-31(23-55)67-26(2)35(41(44)64)50-27(3)58/h13-14,26,30-33,35-49,54-57,62-66H,6-12,15-25H2,1-5H3,(H,50,58)(H,51,59)(H,52,60)(H,53,61)/b14-13-/t26-,30+,31-,32-,33+,35-,36+,37+,38+,39?,40?,41?,42?,43?,44?,45?,46?,47?,48?,49-/m0/s1. The maximum atomic E-state index is 13.3. The summed E-state index contributed by atoms with van der Waals surface area (Å²) in [6.07, 6.45) is -6.54. The van der Waals surface area contributed by atoms with Crippen molar-refractivity contribution in [2.24, 2.45) is 0 Å². The highest BCUT2D eigenvalue weighted by molar-refractivity contribution is 5.76. The molecule has 0 aliphatic carbocycles. The normalized spacial score (nSPS) is 36.9. The Morgan fingerprint density at radius 3 is 1.23 bits per heavy atom. The predicted octanol–water partition coefficient (Wildman–Crippen LogP) is -2.09. The van der Waals surface area contributed by atoms with Gasteiger partial charge in [0.1, 0.15) is 91.4 Å². The number of hydrogen-bond acceptors (Lipinski definition) is 20. The predicted molar refractivity (Wildman–Crippen MR) is 258 cm³/mol. The Balaban J connectivity index is 1.44. The van der Waals surface area contributed by atoms with Crippen LogP contribution in [0.15, 0.2) is 12.2 Å². The van der Waals surface area contributed by atoms with Crippen LogP contribution in [0.5, 0.6) is 0 Å². The molecule has 13 N–H and O–H groups in total. The summed E-state index contributed by atoms with van der Waals surface area (Å²) in [6, 6.07) is -5.63. The van der Waals surface area contributed by atoms with E-state index in [2.05, 4.69) is 40.3 Å². The second-order valence-corrected chi connectivity index (χ2v) is 19.6. The van der Waals surface area contributed by atoms with Gasteiger partial charge in [-0.15, -0.1) is 0 Å². The summed E-state index contributed by atoms with van der Waals surface area (Å²) in [5.41, 5.74) is 0. The fraction of sp³-hybridized carbons (Fsp3) is 0.878. The molecule has 4 rings (SSSR count). The fourth-order valence-corrected chi connectivity index (χ4v) is 9.80. The van der Waals surface area contributed by atoms with E-state index in [4.69, 9.17) is 33.2 Å². The lowest BCUT2D eigenvalue weighted by molar-refractivity contribution is -0.359. The summed E-state index contributed by atoms with van der Waals surface area (Å²) in [7, 11) is 0. The molecule has 0 saturated carbocycles. The molecule has 0 aromatic heterocycles. The van der Waals surface area contributed by atoms with Crippen LogP contribution in [0.2, 0.25) is 0 Å². The lowest BCUT2D eigenvalue weighted by Crippen LogP contribution is -2.71. The Hall–Kier alpha value is -3.02. The zero-order valence-corrected chi connectivity index (χ0v) is 42.9. The maximum absolute atomic E-state index is 13.3. The number of ether oxygens (including phenoxy) is 7. The topological polar surface area (TPSA) is 363 Å². The average molecular weight is 1050 g/mol. The van der Waals surface area contributed by atoms with Crippen molar-refractivity contribution in [3.05, 3.63) is 12.2 Å². The van der Waals surface area contributed by atoms with Crippen molar-refractivity contribution < 1.29 is 98.3 Å². The summed E-state index contributed by atoms with van der Waals surface area (Å²) < 4.78 is 42.1. The van der Waals surface area contributed by atoms with E-state index in [9.17, 15) is 65.1 Å². The molecule has 0 bridgehead atoms. The molecule has 73 heavy (non-hydrogen) atoms. The summed E-state index contributed by atoms with van der Waals surface area (Å²) in [5, 5.41) is 109. The van der Waals surface area contributed by atoms with E-state index >= 15 is 0 Å². The lowest BCUT2D eigenvalue weighted by atomic mass is 9.92. The van der Waals surface area contributed by atoms with E-state index in [1.807, 2.05) is 0 Å². The second-order valence-electron chi connectivity index (χ2n) is 19.6. The van der Waals surface area contributed by atoms with E-state index in [-0.39, 0.29) is 6.42 Å². The SMILES string of the molecule is CCCCCCCC/C=C\CCCCCCCC(=O)N[C@H]1C(OC2C(O)[C@@H](NC(C)=O)[C@H](OC3C(O)[C@@H](NC(C)=O)C(OC4C(O)[C@@H](NC(C)=O)[C@H](C)O[C@H]4CO)O[C@@H]3CO)O[C@H]2CO)O[C@H](CO)C(O)C1O. The van der Waals surface area contributed by atoms with Gasteiger partial charge in [-0.25, -0.2) is 0 Å². The largest absolute Gasteiger partial charge is 0.394 e. The van der Waals surface area contributed by atoms with Gasteiger partial charge in [0.05, 0.1) is 38.6 Å². The summed E-state index contributed by atoms with van der Waals surface area (Å²) in [5.74, 6) is -2.43. The van der Waals surface area contributed by atoms with Crippen molar-refractivity contribution in [1.29, 1.82) is 0 Å². The molecule has 20 atom stereocenters. The third-order valence-electron chi connectivity index (χ3n) is 13.7. The maximum Gasteiger partial charge on any atom is 0.220 e. The quantitative estimate of drug-likeness (QED) is 0.0282. The minimum atomic E-state index is -1.87. The van der Waals surface area contributed by atoms with Crippen LogP contribution in [-0.4, -0.2) is 218 Å². The highest BCUT2D eigenvalue weighted by atomic mass is 16.8. The number of unbranched alkanes of at least 4 members (excludes halogenated alkanes) is 11. The first-order chi connectivity index (χ1) is 34.9. The molecule has 0 radical (unpaired) electrons. The number of rotatable bonds is 29. The van der Waals surface area contributed by atoms with Crippen LogP contribution in [0.4, 0.5) is 0 Å². The zero-order chi connectivity index (χ0) is 53.8. The van der Waals surface area contributed by atoms with Crippen LogP contribution in [-0.2, 0) is 52.3 Å². The highest BCUT2D eigenvalue weighted by Gasteiger charge is 2.56. The third-order valence-corrected chi connectivity index (χ3v) is 13.7. The van der Waals surface area contributed by atoms with Crippen molar-refractivity contribution in [3.63, 3.8) is 0 Å². The molecule has 24 heteroatoms. The molecule has 4 fully saturated rings. The van der Waals surface area contributed by atoms with Crippen LogP contribution < -0.4 is 21.3 Å². The van der Waals surface area contributed by atoms with E-state index in [0.717, 1.165) is 52.4 Å². The van der Waals surface area contributed by atoms with Gasteiger partial charge in [-0.1, -0.05) is 70.4 Å². The van der Waals surface area contributed by atoms with Crippen LogP contribution >= 0.6 is 0 Å². The molecule has 24 nitrogen and oxygen atoms in total. The van der Waals surface area contributed by atoms with Crippen LogP contribution in [0.3, 0.4) is 0 Å². The van der Waals surface area contributed by atoms with Crippen molar-refractivity contribution in [2.45, 2.75) is 247 Å². The zero-order valence-electron chi connectivity index (χ0n) is 42.9. The smallest absolute Gasteiger partial charge is 0.220 e. The van der Waals surface area contributed by atoms with Crippen LogP contribution in [0, 0.1) is 0 Å². The van der Waals surface area contributed by atoms with Gasteiger partial charge >= 0.3 is 0 Å². The van der Waals surface area contributed by atoms with Gasteiger partial charge in [-0.2, -0.15) is 0 Å². The van der Waals surface area contributed by atoms with Crippen molar-refractivity contribution in [2.75, 3.05) is 26.4 Å². The number of aliphatic hydroxyl groups is 9. The molecule has 4 heterocycles. The second kappa shape index (κ2) is 31.9. The van der Waals surface area contributed by atoms with Gasteiger partial charge in [0.15, 0.2) is 18.9 Å². The van der Waals surface area contributed by atoms with Gasteiger partial charge in [0.2, 0.25) is 23.6 Å². The first-order valence-electron chi connectivity index (χ1n) is 26.1. The molecule has 0 aromatic rings. The molecule has 0 aromatic carbocycles. The van der Waals surface area contributed by atoms with E-state index < -0.39 is 172 Å². The van der Waals surface area contributed by atoms with Crippen molar-refractivity contribution in [3.8, 4) is 0 Å². The van der Waals surface area contributed by atoms with Crippen molar-refractivity contribution in [1.82, 2.24) is 21.3 Å². The Kier molecular flexibility index (Phi) is 27.3. The molecule has 4 aliphatic rings. The summed E-state index contributed by atoms with van der Waals surface area (Å²) >= 11 is 0. The van der Waals surface area contributed by atoms with Crippen LogP contribution in [0.25, 0.3) is 0 Å². The molecule has 4 amide bonds. The molecular formula is C49H86N4O20. The summed E-state index contributed by atoms with van der Waals surface area (Å²) in [6.45, 7) is 3.99. The minimum Gasteiger partial charge on any atom is -0.394 e. The first kappa shape index (κ1) is 62.5. The number of nitrogens with one attached hydrogen (secondary N) is 4. The fourth-order valence-electron chi connectivity index (χ4n) is 9.80. The van der Waals surface area contributed by atoms with Crippen molar-refractivity contribution >= 4 is 23.6 Å². The number of aliphatic hydroxyl groups excluding tert-OH is 9. The monoisotopic (exact) mass is 1050 g/mol. The Morgan fingerprint density at radius 1 is 0.452 bits per heavy atom. The number of amides is 4. The van der Waals surface area contributed by atoms with Crippen LogP contribution in [0.1, 0.15) is 125 Å².